The number of nitrogens with zero attached hydrogens (tertiary/aromatic N) is 2. The Balaban J connectivity index is 2.73. The van der Waals surface area contributed by atoms with Gasteiger partial charge in [-0.05, 0) is 26.0 Å². The first-order chi connectivity index (χ1) is 8.22. The van der Waals surface area contributed by atoms with E-state index >= 15 is 0 Å². The highest BCUT2D eigenvalue weighted by atomic mass is 35.5. The molecule has 4 nitrogen and oxygen atoms in total. The number of likely N-dealkylation sites (N-methyl/N-ethyl adjacent to an activating group) is 1. The van der Waals surface area contributed by atoms with E-state index < -0.39 is 0 Å². The first kappa shape index (κ1) is 14.2. The van der Waals surface area contributed by atoms with Crippen molar-refractivity contribution in [1.82, 2.24) is 4.98 Å². The first-order valence-corrected chi connectivity index (χ1v) is 6.28. The average molecular weight is 258 g/mol. The summed E-state index contributed by atoms with van der Waals surface area (Å²) in [6.45, 7) is 7.57. The standard InChI is InChI=1S/C12H20ClN3O/c1-3-16(7-8-17-4-2)12-6-5-10(13)11(9-14)15-12/h5-6H,3-4,7-9,14H2,1-2H3. The van der Waals surface area contributed by atoms with Crippen molar-refractivity contribution in [1.29, 1.82) is 0 Å². The zero-order valence-corrected chi connectivity index (χ0v) is 11.2. The number of hydrogen-bond acceptors (Lipinski definition) is 4. The molecule has 2 N–H and O–H groups in total. The van der Waals surface area contributed by atoms with Crippen molar-refractivity contribution in [3.05, 3.63) is 22.8 Å². The smallest absolute Gasteiger partial charge is 0.129 e. The summed E-state index contributed by atoms with van der Waals surface area (Å²) in [5, 5.41) is 0.622. The number of pyridine rings is 1. The lowest BCUT2D eigenvalue weighted by Crippen LogP contribution is -2.28. The minimum absolute atomic E-state index is 0.357. The highest BCUT2D eigenvalue weighted by Crippen LogP contribution is 2.18. The quantitative estimate of drug-likeness (QED) is 0.760. The number of halogens is 1. The van der Waals surface area contributed by atoms with Crippen molar-refractivity contribution in [2.45, 2.75) is 20.4 Å². The maximum absolute atomic E-state index is 5.99. The van der Waals surface area contributed by atoms with Gasteiger partial charge in [-0.2, -0.15) is 0 Å². The summed E-state index contributed by atoms with van der Waals surface area (Å²) < 4.78 is 5.35. The van der Waals surface area contributed by atoms with Gasteiger partial charge < -0.3 is 15.4 Å². The Morgan fingerprint density at radius 3 is 2.76 bits per heavy atom. The van der Waals surface area contributed by atoms with Crippen LogP contribution in [0.1, 0.15) is 19.5 Å². The lowest BCUT2D eigenvalue weighted by molar-refractivity contribution is 0.154. The minimum atomic E-state index is 0.357. The predicted octanol–water partition coefficient (Wildman–Crippen LogP) is 2.06. The highest BCUT2D eigenvalue weighted by molar-refractivity contribution is 6.31. The van der Waals surface area contributed by atoms with Gasteiger partial charge in [0.05, 0.1) is 17.3 Å². The molecular weight excluding hydrogens is 238 g/mol. The Bertz CT molecular complexity index is 347. The van der Waals surface area contributed by atoms with Gasteiger partial charge in [-0.3, -0.25) is 0 Å². The van der Waals surface area contributed by atoms with Gasteiger partial charge in [-0.15, -0.1) is 0 Å². The van der Waals surface area contributed by atoms with E-state index in [0.29, 0.717) is 18.2 Å². The highest BCUT2D eigenvalue weighted by Gasteiger charge is 2.08. The number of anilines is 1. The number of rotatable bonds is 7. The second-order valence-electron chi connectivity index (χ2n) is 3.58. The molecule has 0 unspecified atom stereocenters. The van der Waals surface area contributed by atoms with Crippen LogP contribution in [0.3, 0.4) is 0 Å². The van der Waals surface area contributed by atoms with Crippen LogP contribution in [0.4, 0.5) is 5.82 Å². The molecule has 1 aromatic rings. The monoisotopic (exact) mass is 257 g/mol. The van der Waals surface area contributed by atoms with Crippen LogP contribution in [-0.2, 0) is 11.3 Å². The van der Waals surface area contributed by atoms with Gasteiger partial charge in [0, 0.05) is 26.2 Å². The van der Waals surface area contributed by atoms with E-state index in [-0.39, 0.29) is 0 Å². The Labute approximate surface area is 108 Å². The summed E-state index contributed by atoms with van der Waals surface area (Å²) in [5.41, 5.74) is 6.33. The lowest BCUT2D eigenvalue weighted by atomic mass is 10.3. The van der Waals surface area contributed by atoms with E-state index in [4.69, 9.17) is 22.1 Å². The van der Waals surface area contributed by atoms with Gasteiger partial charge in [0.15, 0.2) is 0 Å². The van der Waals surface area contributed by atoms with E-state index in [1.165, 1.54) is 0 Å². The molecule has 0 aromatic carbocycles. The Hall–Kier alpha value is -0.840. The molecule has 0 spiro atoms. The van der Waals surface area contributed by atoms with Gasteiger partial charge in [-0.25, -0.2) is 4.98 Å². The molecule has 0 aliphatic heterocycles. The van der Waals surface area contributed by atoms with E-state index in [1.54, 1.807) is 0 Å². The van der Waals surface area contributed by atoms with Crippen molar-refractivity contribution in [2.75, 3.05) is 31.2 Å². The van der Waals surface area contributed by atoms with E-state index in [9.17, 15) is 0 Å². The van der Waals surface area contributed by atoms with Crippen LogP contribution >= 0.6 is 11.6 Å². The summed E-state index contributed by atoms with van der Waals surface area (Å²) in [5.74, 6) is 0.900. The van der Waals surface area contributed by atoms with Crippen molar-refractivity contribution in [3.8, 4) is 0 Å². The van der Waals surface area contributed by atoms with E-state index in [2.05, 4.69) is 16.8 Å². The van der Waals surface area contributed by atoms with Gasteiger partial charge in [0.2, 0.25) is 0 Å². The molecular formula is C12H20ClN3O. The zero-order valence-electron chi connectivity index (χ0n) is 10.4. The number of hydrogen-bond donors (Lipinski definition) is 1. The van der Waals surface area contributed by atoms with Crippen molar-refractivity contribution >= 4 is 17.4 Å². The van der Waals surface area contributed by atoms with Gasteiger partial charge in [0.1, 0.15) is 5.82 Å². The molecule has 17 heavy (non-hydrogen) atoms. The van der Waals surface area contributed by atoms with Crippen molar-refractivity contribution in [2.24, 2.45) is 5.73 Å². The normalized spacial score (nSPS) is 10.6. The Morgan fingerprint density at radius 1 is 1.41 bits per heavy atom. The van der Waals surface area contributed by atoms with Crippen LogP contribution in [0.25, 0.3) is 0 Å². The van der Waals surface area contributed by atoms with E-state index in [1.807, 2.05) is 19.1 Å². The Kier molecular flexibility index (Phi) is 6.26. The van der Waals surface area contributed by atoms with Crippen LogP contribution in [0.2, 0.25) is 5.02 Å². The summed E-state index contributed by atoms with van der Waals surface area (Å²) in [6.07, 6.45) is 0. The Morgan fingerprint density at radius 2 is 2.18 bits per heavy atom. The van der Waals surface area contributed by atoms with Crippen LogP contribution in [0.15, 0.2) is 12.1 Å². The second kappa shape index (κ2) is 7.48. The zero-order chi connectivity index (χ0) is 12.7. The lowest BCUT2D eigenvalue weighted by Gasteiger charge is -2.22. The molecule has 0 bridgehead atoms. The average Bonchev–Trinajstić information content (AvgIpc) is 2.36. The molecule has 0 saturated heterocycles. The fourth-order valence-corrected chi connectivity index (χ4v) is 1.73. The van der Waals surface area contributed by atoms with Crippen LogP contribution in [0.5, 0.6) is 0 Å². The SMILES string of the molecule is CCOCCN(CC)c1ccc(Cl)c(CN)n1. The predicted molar refractivity (Wildman–Crippen MR) is 71.5 cm³/mol. The number of aromatic nitrogens is 1. The van der Waals surface area contributed by atoms with Crippen LogP contribution < -0.4 is 10.6 Å². The van der Waals surface area contributed by atoms with Crippen LogP contribution in [-0.4, -0.2) is 31.3 Å². The number of ether oxygens (including phenoxy) is 1. The fraction of sp³-hybridized carbons (Fsp3) is 0.583. The van der Waals surface area contributed by atoms with Crippen molar-refractivity contribution in [3.63, 3.8) is 0 Å². The molecule has 0 radical (unpaired) electrons. The minimum Gasteiger partial charge on any atom is -0.380 e. The molecule has 1 heterocycles. The van der Waals surface area contributed by atoms with Gasteiger partial charge in [-0.1, -0.05) is 11.6 Å². The molecule has 0 aliphatic carbocycles. The largest absolute Gasteiger partial charge is 0.380 e. The third-order valence-electron chi connectivity index (χ3n) is 2.51. The van der Waals surface area contributed by atoms with Gasteiger partial charge in [0.25, 0.3) is 0 Å². The first-order valence-electron chi connectivity index (χ1n) is 5.91. The third kappa shape index (κ3) is 4.15. The van der Waals surface area contributed by atoms with E-state index in [0.717, 1.165) is 31.2 Å². The molecule has 1 rings (SSSR count). The second-order valence-corrected chi connectivity index (χ2v) is 3.99. The topological polar surface area (TPSA) is 51.4 Å². The van der Waals surface area contributed by atoms with Gasteiger partial charge >= 0.3 is 0 Å². The third-order valence-corrected chi connectivity index (χ3v) is 2.86. The summed E-state index contributed by atoms with van der Waals surface area (Å²) in [6, 6.07) is 3.76. The number of nitrogens with two attached hydrogens (primary N) is 1. The maximum atomic E-state index is 5.99. The fourth-order valence-electron chi connectivity index (χ4n) is 1.55. The molecule has 96 valence electrons. The summed E-state index contributed by atoms with van der Waals surface area (Å²) >= 11 is 5.99. The molecule has 5 heteroatoms. The maximum Gasteiger partial charge on any atom is 0.129 e. The molecule has 0 amide bonds. The summed E-state index contributed by atoms with van der Waals surface area (Å²) in [7, 11) is 0. The molecule has 0 saturated carbocycles. The molecule has 0 aliphatic rings. The molecule has 0 fully saturated rings. The molecule has 1 aromatic heterocycles. The van der Waals surface area contributed by atoms with Crippen molar-refractivity contribution < 1.29 is 4.74 Å². The van der Waals surface area contributed by atoms with Crippen LogP contribution in [0, 0.1) is 0 Å². The summed E-state index contributed by atoms with van der Waals surface area (Å²) in [4.78, 5) is 6.60. The molecule has 0 atom stereocenters.